The second kappa shape index (κ2) is 9.78. The Kier molecular flexibility index (Phi) is 7.69. The Morgan fingerprint density at radius 2 is 1.61 bits per heavy atom. The van der Waals surface area contributed by atoms with Gasteiger partial charge in [-0.1, -0.05) is 57.8 Å². The number of phenolic OH excluding ortho intramolecular Hbond substituents is 1. The molecular formula is C23H32O4Si. The van der Waals surface area contributed by atoms with Crippen molar-refractivity contribution in [2.24, 2.45) is 0 Å². The fourth-order valence-electron chi connectivity index (χ4n) is 2.67. The monoisotopic (exact) mass is 400 g/mol. The van der Waals surface area contributed by atoms with Crippen LogP contribution in [0.15, 0.2) is 48.5 Å². The van der Waals surface area contributed by atoms with Crippen molar-refractivity contribution in [3.8, 4) is 11.5 Å². The van der Waals surface area contributed by atoms with Crippen LogP contribution in [0.4, 0.5) is 0 Å². The number of rotatable bonds is 9. The van der Waals surface area contributed by atoms with Gasteiger partial charge in [0.1, 0.15) is 11.5 Å². The number of hydrogen-bond acceptors (Lipinski definition) is 4. The maximum absolute atomic E-state index is 12.7. The van der Waals surface area contributed by atoms with Crippen LogP contribution in [0.5, 0.6) is 11.5 Å². The van der Waals surface area contributed by atoms with E-state index in [0.717, 1.165) is 11.6 Å². The van der Waals surface area contributed by atoms with Crippen LogP contribution in [0.3, 0.4) is 0 Å². The Balaban J connectivity index is 2.10. The van der Waals surface area contributed by atoms with Crippen LogP contribution in [0.25, 0.3) is 0 Å². The van der Waals surface area contributed by atoms with E-state index >= 15 is 0 Å². The van der Waals surface area contributed by atoms with E-state index in [9.17, 15) is 9.90 Å². The molecule has 0 aliphatic rings. The number of hydrogen-bond donors (Lipinski definition) is 1. The summed E-state index contributed by atoms with van der Waals surface area (Å²) >= 11 is 0. The van der Waals surface area contributed by atoms with Crippen LogP contribution in [0.2, 0.25) is 25.7 Å². The van der Waals surface area contributed by atoms with Gasteiger partial charge in [-0.2, -0.15) is 0 Å². The topological polar surface area (TPSA) is 55.8 Å². The predicted molar refractivity (Wildman–Crippen MR) is 116 cm³/mol. The van der Waals surface area contributed by atoms with Crippen molar-refractivity contribution in [1.29, 1.82) is 0 Å². The third kappa shape index (κ3) is 7.39. The molecule has 0 saturated carbocycles. The minimum atomic E-state index is -1.28. The normalized spacial score (nSPS) is 12.6. The molecule has 152 valence electrons. The summed E-state index contributed by atoms with van der Waals surface area (Å²) in [7, 11) is -1.28. The van der Waals surface area contributed by atoms with Crippen molar-refractivity contribution < 1.29 is 19.4 Å². The number of esters is 1. The van der Waals surface area contributed by atoms with Crippen LogP contribution in [0.1, 0.15) is 30.9 Å². The molecule has 2 rings (SSSR count). The van der Waals surface area contributed by atoms with E-state index < -0.39 is 14.2 Å². The number of phenols is 1. The van der Waals surface area contributed by atoms with Crippen molar-refractivity contribution in [2.45, 2.75) is 58.0 Å². The Morgan fingerprint density at radius 1 is 1.00 bits per heavy atom. The zero-order valence-corrected chi connectivity index (χ0v) is 18.6. The predicted octanol–water partition coefficient (Wildman–Crippen LogP) is 5.39. The molecule has 28 heavy (non-hydrogen) atoms. The molecule has 0 unspecified atom stereocenters. The van der Waals surface area contributed by atoms with Gasteiger partial charge in [0, 0.05) is 14.5 Å². The molecule has 1 N–H and O–H groups in total. The largest absolute Gasteiger partial charge is 0.508 e. The summed E-state index contributed by atoms with van der Waals surface area (Å²) in [4.78, 5) is 12.7. The molecule has 0 saturated heterocycles. The molecular weight excluding hydrogens is 368 g/mol. The lowest BCUT2D eigenvalue weighted by Crippen LogP contribution is -2.33. The van der Waals surface area contributed by atoms with Gasteiger partial charge in [0.25, 0.3) is 0 Å². The molecule has 4 nitrogen and oxygen atoms in total. The minimum absolute atomic E-state index is 0.197. The van der Waals surface area contributed by atoms with E-state index in [-0.39, 0.29) is 11.7 Å². The van der Waals surface area contributed by atoms with Crippen molar-refractivity contribution in [1.82, 2.24) is 0 Å². The molecule has 0 heterocycles. The van der Waals surface area contributed by atoms with E-state index in [2.05, 4.69) is 33.5 Å². The quantitative estimate of drug-likeness (QED) is 0.453. The van der Waals surface area contributed by atoms with Gasteiger partial charge >= 0.3 is 5.97 Å². The molecule has 0 spiro atoms. The van der Waals surface area contributed by atoms with Crippen LogP contribution in [0, 0.1) is 0 Å². The number of ether oxygens (including phenoxy) is 2. The maximum Gasteiger partial charge on any atom is 0.347 e. The lowest BCUT2D eigenvalue weighted by molar-refractivity contribution is -0.151. The molecule has 0 bridgehead atoms. The molecule has 1 atom stereocenters. The highest BCUT2D eigenvalue weighted by Gasteiger charge is 2.24. The van der Waals surface area contributed by atoms with E-state index in [0.29, 0.717) is 24.7 Å². The maximum atomic E-state index is 12.7. The van der Waals surface area contributed by atoms with Crippen molar-refractivity contribution >= 4 is 14.0 Å². The van der Waals surface area contributed by atoms with E-state index in [1.54, 1.807) is 24.3 Å². The van der Waals surface area contributed by atoms with Crippen molar-refractivity contribution in [3.63, 3.8) is 0 Å². The van der Waals surface area contributed by atoms with E-state index in [1.807, 2.05) is 24.3 Å². The lowest BCUT2D eigenvalue weighted by atomic mass is 10.0. The van der Waals surface area contributed by atoms with Crippen molar-refractivity contribution in [3.05, 3.63) is 59.7 Å². The lowest BCUT2D eigenvalue weighted by Gasteiger charge is -2.20. The molecule has 0 radical (unpaired) electrons. The smallest absolute Gasteiger partial charge is 0.347 e. The highest BCUT2D eigenvalue weighted by Crippen LogP contribution is 2.21. The Bertz CT molecular complexity index is 746. The first kappa shape index (κ1) is 22.0. The first-order valence-corrected chi connectivity index (χ1v) is 13.6. The van der Waals surface area contributed by atoms with Gasteiger partial charge < -0.3 is 14.6 Å². The first-order valence-electron chi connectivity index (χ1n) is 9.85. The van der Waals surface area contributed by atoms with E-state index in [4.69, 9.17) is 9.47 Å². The van der Waals surface area contributed by atoms with Gasteiger partial charge in [0.05, 0.1) is 6.61 Å². The molecule has 0 aliphatic heterocycles. The third-order valence-electron chi connectivity index (χ3n) is 4.54. The second-order valence-electron chi connectivity index (χ2n) is 8.68. The van der Waals surface area contributed by atoms with Crippen LogP contribution < -0.4 is 4.74 Å². The zero-order valence-electron chi connectivity index (χ0n) is 17.6. The SMILES string of the molecule is CC(C)c1ccc(O[C@H](Cc2ccc(O)cc2)C(=O)OCC[Si](C)(C)C)cc1. The summed E-state index contributed by atoms with van der Waals surface area (Å²) in [6.45, 7) is 11.5. The van der Waals surface area contributed by atoms with Gasteiger partial charge in [-0.3, -0.25) is 0 Å². The summed E-state index contributed by atoms with van der Waals surface area (Å²) in [6.07, 6.45) is -0.339. The molecule has 0 aromatic heterocycles. The number of carbonyl (C=O) groups excluding carboxylic acids is 1. The highest BCUT2D eigenvalue weighted by atomic mass is 28.3. The molecule has 5 heteroatoms. The van der Waals surface area contributed by atoms with Gasteiger partial charge in [0.15, 0.2) is 6.10 Å². The Hall–Kier alpha value is -2.27. The van der Waals surface area contributed by atoms with Crippen LogP contribution in [-0.2, 0) is 16.0 Å². The fourth-order valence-corrected chi connectivity index (χ4v) is 3.38. The molecule has 2 aromatic rings. The third-order valence-corrected chi connectivity index (χ3v) is 6.25. The summed E-state index contributed by atoms with van der Waals surface area (Å²) in [5, 5.41) is 9.48. The Labute approximate surface area is 169 Å². The van der Waals surface area contributed by atoms with Crippen LogP contribution >= 0.6 is 0 Å². The number of aromatic hydroxyl groups is 1. The average molecular weight is 401 g/mol. The summed E-state index contributed by atoms with van der Waals surface area (Å²) in [5.74, 6) is 0.936. The Morgan fingerprint density at radius 3 is 2.14 bits per heavy atom. The first-order chi connectivity index (χ1) is 13.1. The second-order valence-corrected chi connectivity index (χ2v) is 14.3. The molecule has 0 fully saturated rings. The fraction of sp³-hybridized carbons (Fsp3) is 0.435. The highest BCUT2D eigenvalue weighted by molar-refractivity contribution is 6.76. The molecule has 0 aliphatic carbocycles. The number of benzene rings is 2. The number of carbonyl (C=O) groups is 1. The van der Waals surface area contributed by atoms with E-state index in [1.165, 1.54) is 5.56 Å². The van der Waals surface area contributed by atoms with Gasteiger partial charge in [0.2, 0.25) is 0 Å². The standard InChI is InChI=1S/C23H32O4Si/c1-17(2)19-8-12-21(13-9-19)27-22(16-18-6-10-20(24)11-7-18)23(25)26-14-15-28(3,4)5/h6-13,17,22,24H,14-16H2,1-5H3/t22-/m1/s1. The molecule has 2 aromatic carbocycles. The summed E-state index contributed by atoms with van der Waals surface area (Å²) in [6, 6.07) is 15.6. The van der Waals surface area contributed by atoms with Crippen LogP contribution in [-0.4, -0.2) is 31.9 Å². The van der Waals surface area contributed by atoms with Crippen molar-refractivity contribution in [2.75, 3.05) is 6.61 Å². The summed E-state index contributed by atoms with van der Waals surface area (Å²) < 4.78 is 11.5. The van der Waals surface area contributed by atoms with Gasteiger partial charge in [-0.05, 0) is 47.4 Å². The minimum Gasteiger partial charge on any atom is -0.508 e. The zero-order chi connectivity index (χ0) is 20.7. The van der Waals surface area contributed by atoms with Gasteiger partial charge in [-0.15, -0.1) is 0 Å². The summed E-state index contributed by atoms with van der Waals surface area (Å²) in [5.41, 5.74) is 2.13. The van der Waals surface area contributed by atoms with Gasteiger partial charge in [-0.25, -0.2) is 4.79 Å². The average Bonchev–Trinajstić information content (AvgIpc) is 2.62. The molecule has 0 amide bonds.